The van der Waals surface area contributed by atoms with Crippen LogP contribution in [0.4, 0.5) is 0 Å². The largest absolute Gasteiger partial charge is 0.129 e. The van der Waals surface area contributed by atoms with Gasteiger partial charge >= 0.3 is 0 Å². The third-order valence-electron chi connectivity index (χ3n) is 2.32. The Hall–Kier alpha value is -1.00. The first-order chi connectivity index (χ1) is 8.56. The van der Waals surface area contributed by atoms with E-state index in [9.17, 15) is 0 Å². The highest BCUT2D eigenvalue weighted by Gasteiger charge is 2.06. The van der Waals surface area contributed by atoms with Crippen LogP contribution in [0, 0.1) is 11.5 Å². The zero-order chi connectivity index (χ0) is 13.7. The molecule has 0 unspecified atom stereocenters. The van der Waals surface area contributed by atoms with Crippen LogP contribution in [0.1, 0.15) is 39.0 Å². The predicted molar refractivity (Wildman–Crippen MR) is 87.3 cm³/mol. The lowest BCUT2D eigenvalue weighted by Gasteiger charge is -2.01. The molecule has 0 saturated carbocycles. The topological polar surface area (TPSA) is 0 Å². The van der Waals surface area contributed by atoms with E-state index in [0.717, 1.165) is 0 Å². The molecule has 0 radical (unpaired) electrons. The Morgan fingerprint density at radius 3 is 2.28 bits per heavy atom. The third kappa shape index (κ3) is 15.0. The second kappa shape index (κ2) is 11.1. The average molecular weight is 260 g/mol. The lowest BCUT2D eigenvalue weighted by atomic mass is 10.1. The molecule has 0 fully saturated rings. The van der Waals surface area contributed by atoms with E-state index in [0.29, 0.717) is 0 Å². The number of hydrogen-bond donors (Lipinski definition) is 0. The van der Waals surface area contributed by atoms with Gasteiger partial charge in [0.1, 0.15) is 8.07 Å². The van der Waals surface area contributed by atoms with Gasteiger partial charge in [0.15, 0.2) is 0 Å². The highest BCUT2D eigenvalue weighted by molar-refractivity contribution is 6.83. The van der Waals surface area contributed by atoms with Crippen molar-refractivity contribution < 1.29 is 0 Å². The lowest BCUT2D eigenvalue weighted by molar-refractivity contribution is 0.674. The fraction of sp³-hybridized carbons (Fsp3) is 0.529. The van der Waals surface area contributed by atoms with E-state index in [1.54, 1.807) is 0 Å². The Labute approximate surface area is 115 Å². The monoisotopic (exact) mass is 260 g/mol. The molecule has 0 spiro atoms. The number of hydrogen-bond acceptors (Lipinski definition) is 0. The van der Waals surface area contributed by atoms with E-state index in [-0.39, 0.29) is 0 Å². The molecule has 0 nitrogen and oxygen atoms in total. The number of unbranched alkanes of at least 4 members (excludes halogenated alkanes) is 4. The van der Waals surface area contributed by atoms with Crippen LogP contribution in [0.3, 0.4) is 0 Å². The fourth-order valence-corrected chi connectivity index (χ4v) is 1.87. The Morgan fingerprint density at radius 2 is 1.61 bits per heavy atom. The summed E-state index contributed by atoms with van der Waals surface area (Å²) in [6, 6.07) is 0. The first-order valence-corrected chi connectivity index (χ1v) is 10.6. The summed E-state index contributed by atoms with van der Waals surface area (Å²) in [6.07, 6.45) is 19.0. The van der Waals surface area contributed by atoms with Crippen LogP contribution in [-0.4, -0.2) is 8.07 Å². The molecule has 0 aliphatic carbocycles. The van der Waals surface area contributed by atoms with Gasteiger partial charge in [-0.3, -0.25) is 0 Å². The molecule has 0 aromatic rings. The summed E-state index contributed by atoms with van der Waals surface area (Å²) >= 11 is 0. The molecular weight excluding hydrogens is 232 g/mol. The van der Waals surface area contributed by atoms with Crippen molar-refractivity contribution in [2.75, 3.05) is 0 Å². The van der Waals surface area contributed by atoms with E-state index in [1.807, 2.05) is 18.2 Å². The van der Waals surface area contributed by atoms with Gasteiger partial charge in [0.05, 0.1) is 0 Å². The summed E-state index contributed by atoms with van der Waals surface area (Å²) in [7, 11) is -1.20. The molecule has 0 N–H and O–H groups in total. The Morgan fingerprint density at radius 1 is 0.889 bits per heavy atom. The molecule has 0 aliphatic rings. The van der Waals surface area contributed by atoms with E-state index < -0.39 is 8.07 Å². The van der Waals surface area contributed by atoms with E-state index in [1.165, 1.54) is 32.1 Å². The zero-order valence-corrected chi connectivity index (χ0v) is 13.5. The van der Waals surface area contributed by atoms with Crippen molar-refractivity contribution in [3.63, 3.8) is 0 Å². The third-order valence-corrected chi connectivity index (χ3v) is 3.21. The molecule has 0 aliphatic heterocycles. The van der Waals surface area contributed by atoms with Crippen LogP contribution in [0.15, 0.2) is 36.5 Å². The molecule has 0 atom stereocenters. The van der Waals surface area contributed by atoms with Gasteiger partial charge in [-0.1, -0.05) is 82.1 Å². The standard InChI is InChI=1S/C17H28Si/c1-5-6-7-8-9-10-11-12-13-14-15-16-17-18(2,3)4/h10-15H,5-9H2,1-4H3/b11-10+,13-12+,15-14-. The molecule has 18 heavy (non-hydrogen) atoms. The Kier molecular flexibility index (Phi) is 10.5. The Balaban J connectivity index is 3.67. The summed E-state index contributed by atoms with van der Waals surface area (Å²) in [5.41, 5.74) is 3.30. The maximum atomic E-state index is 3.30. The van der Waals surface area contributed by atoms with Gasteiger partial charge in [-0.15, -0.1) is 5.54 Å². The van der Waals surface area contributed by atoms with Crippen molar-refractivity contribution in [1.29, 1.82) is 0 Å². The van der Waals surface area contributed by atoms with E-state index in [4.69, 9.17) is 0 Å². The van der Waals surface area contributed by atoms with Gasteiger partial charge in [-0.25, -0.2) is 0 Å². The van der Waals surface area contributed by atoms with Crippen molar-refractivity contribution in [3.05, 3.63) is 36.5 Å². The molecule has 0 aromatic carbocycles. The lowest BCUT2D eigenvalue weighted by Crippen LogP contribution is -2.16. The number of rotatable bonds is 7. The van der Waals surface area contributed by atoms with E-state index >= 15 is 0 Å². The van der Waals surface area contributed by atoms with Gasteiger partial charge in [0, 0.05) is 0 Å². The fourth-order valence-electron chi connectivity index (χ4n) is 1.35. The molecule has 0 heterocycles. The van der Waals surface area contributed by atoms with Crippen molar-refractivity contribution in [3.8, 4) is 11.5 Å². The van der Waals surface area contributed by atoms with Crippen LogP contribution in [0.5, 0.6) is 0 Å². The molecule has 100 valence electrons. The zero-order valence-electron chi connectivity index (χ0n) is 12.5. The van der Waals surface area contributed by atoms with Gasteiger partial charge in [-0.05, 0) is 18.9 Å². The van der Waals surface area contributed by atoms with Crippen LogP contribution in [0.2, 0.25) is 19.6 Å². The Bertz CT molecular complexity index is 329. The maximum absolute atomic E-state index is 3.30. The summed E-state index contributed by atoms with van der Waals surface area (Å²) in [5.74, 6) is 3.11. The molecule has 0 rings (SSSR count). The van der Waals surface area contributed by atoms with Gasteiger partial charge in [0.2, 0.25) is 0 Å². The van der Waals surface area contributed by atoms with Crippen LogP contribution in [0.25, 0.3) is 0 Å². The summed E-state index contributed by atoms with van der Waals surface area (Å²) in [5, 5.41) is 0. The summed E-state index contributed by atoms with van der Waals surface area (Å²) in [6.45, 7) is 9.01. The molecule has 1 heteroatoms. The minimum atomic E-state index is -1.20. The van der Waals surface area contributed by atoms with Crippen LogP contribution < -0.4 is 0 Å². The summed E-state index contributed by atoms with van der Waals surface area (Å²) in [4.78, 5) is 0. The smallest absolute Gasteiger partial charge is 0.127 e. The van der Waals surface area contributed by atoms with E-state index in [2.05, 4.69) is 56.3 Å². The second-order valence-electron chi connectivity index (χ2n) is 5.54. The SMILES string of the molecule is CCCCCC/C=C/C=C/C=C\C#C[Si](C)(C)C. The molecule has 0 aromatic heterocycles. The minimum absolute atomic E-state index is 1.20. The van der Waals surface area contributed by atoms with Crippen molar-refractivity contribution in [2.45, 2.75) is 58.7 Å². The van der Waals surface area contributed by atoms with Crippen molar-refractivity contribution >= 4 is 8.07 Å². The molecular formula is C17H28Si. The highest BCUT2D eigenvalue weighted by atomic mass is 28.3. The second-order valence-corrected chi connectivity index (χ2v) is 10.3. The first-order valence-electron chi connectivity index (χ1n) is 7.07. The maximum Gasteiger partial charge on any atom is 0.129 e. The minimum Gasteiger partial charge on any atom is -0.127 e. The molecule has 0 amide bonds. The first kappa shape index (κ1) is 17.0. The van der Waals surface area contributed by atoms with Gasteiger partial charge in [0.25, 0.3) is 0 Å². The quantitative estimate of drug-likeness (QED) is 0.245. The normalized spacial score (nSPS) is 12.4. The summed E-state index contributed by atoms with van der Waals surface area (Å²) < 4.78 is 0. The van der Waals surface area contributed by atoms with Gasteiger partial charge in [-0.2, -0.15) is 0 Å². The predicted octanol–water partition coefficient (Wildman–Crippen LogP) is 5.51. The van der Waals surface area contributed by atoms with Crippen LogP contribution in [-0.2, 0) is 0 Å². The molecule has 0 saturated heterocycles. The van der Waals surface area contributed by atoms with Crippen LogP contribution >= 0.6 is 0 Å². The van der Waals surface area contributed by atoms with Gasteiger partial charge < -0.3 is 0 Å². The van der Waals surface area contributed by atoms with Crippen molar-refractivity contribution in [1.82, 2.24) is 0 Å². The average Bonchev–Trinajstić information content (AvgIpc) is 2.29. The number of allylic oxidation sites excluding steroid dienone is 6. The van der Waals surface area contributed by atoms with Crippen molar-refractivity contribution in [2.24, 2.45) is 0 Å². The molecule has 0 bridgehead atoms. The highest BCUT2D eigenvalue weighted by Crippen LogP contribution is 2.02.